The summed E-state index contributed by atoms with van der Waals surface area (Å²) in [5, 5.41) is 0. The number of ether oxygens (including phenoxy) is 1. The first-order chi connectivity index (χ1) is 13.7. The van der Waals surface area contributed by atoms with Crippen molar-refractivity contribution in [1.82, 2.24) is 9.80 Å². The largest absolute Gasteiger partial charge is 0.444 e. The minimum absolute atomic E-state index is 0.00158. The molecule has 1 aliphatic heterocycles. The van der Waals surface area contributed by atoms with Crippen molar-refractivity contribution in [1.29, 1.82) is 0 Å². The Morgan fingerprint density at radius 3 is 2.03 bits per heavy atom. The van der Waals surface area contributed by atoms with Crippen LogP contribution in [0.3, 0.4) is 0 Å². The van der Waals surface area contributed by atoms with Gasteiger partial charge in [-0.15, -0.1) is 0 Å². The van der Waals surface area contributed by atoms with E-state index in [-0.39, 0.29) is 17.7 Å². The van der Waals surface area contributed by atoms with Crippen LogP contribution in [0.25, 0.3) is 0 Å². The number of hydrogen-bond acceptors (Lipinski definition) is 5. The first kappa shape index (κ1) is 21.2. The van der Waals surface area contributed by atoms with E-state index in [2.05, 4.69) is 4.90 Å². The van der Waals surface area contributed by atoms with Gasteiger partial charge in [0.2, 0.25) is 0 Å². The Balaban J connectivity index is 1.54. The molecule has 0 saturated heterocycles. The molecule has 0 saturated carbocycles. The zero-order valence-corrected chi connectivity index (χ0v) is 17.8. The molecule has 1 aliphatic carbocycles. The van der Waals surface area contributed by atoms with Gasteiger partial charge in [0, 0.05) is 49.0 Å². The lowest BCUT2D eigenvalue weighted by Crippen LogP contribution is -2.36. The van der Waals surface area contributed by atoms with Crippen LogP contribution in [0.5, 0.6) is 0 Å². The van der Waals surface area contributed by atoms with Crippen molar-refractivity contribution >= 4 is 17.7 Å². The van der Waals surface area contributed by atoms with Crippen molar-refractivity contribution in [2.24, 2.45) is 0 Å². The normalized spacial score (nSPS) is 17.5. The zero-order valence-electron chi connectivity index (χ0n) is 17.8. The predicted octanol–water partition coefficient (Wildman–Crippen LogP) is 3.72. The van der Waals surface area contributed by atoms with Gasteiger partial charge in [-0.3, -0.25) is 9.59 Å². The Kier molecular flexibility index (Phi) is 6.22. The van der Waals surface area contributed by atoms with Crippen molar-refractivity contribution in [3.8, 4) is 0 Å². The summed E-state index contributed by atoms with van der Waals surface area (Å²) in [5.74, 6) is 0.00316. The Hall–Kier alpha value is -2.47. The lowest BCUT2D eigenvalue weighted by Gasteiger charge is -2.26. The molecular formula is C23H30N2O4. The topological polar surface area (TPSA) is 66.9 Å². The highest BCUT2D eigenvalue weighted by molar-refractivity contribution is 6.26. The summed E-state index contributed by atoms with van der Waals surface area (Å²) in [6.45, 7) is 8.46. The van der Waals surface area contributed by atoms with Crippen LogP contribution < -0.4 is 0 Å². The average molecular weight is 399 g/mol. The summed E-state index contributed by atoms with van der Waals surface area (Å²) in [6, 6.07) is 7.10. The first-order valence-electron chi connectivity index (χ1n) is 10.2. The summed E-state index contributed by atoms with van der Waals surface area (Å²) < 4.78 is 5.37. The average Bonchev–Trinajstić information content (AvgIpc) is 2.88. The highest BCUT2D eigenvalue weighted by Gasteiger charge is 2.33. The molecule has 156 valence electrons. The van der Waals surface area contributed by atoms with Gasteiger partial charge in [-0.1, -0.05) is 24.3 Å². The van der Waals surface area contributed by atoms with Crippen molar-refractivity contribution in [3.05, 3.63) is 46.5 Å². The number of ketones is 2. The van der Waals surface area contributed by atoms with Gasteiger partial charge in [0.05, 0.1) is 0 Å². The van der Waals surface area contributed by atoms with E-state index in [4.69, 9.17) is 4.74 Å². The molecule has 0 spiro atoms. The van der Waals surface area contributed by atoms with Gasteiger partial charge in [-0.05, 0) is 46.6 Å². The monoisotopic (exact) mass is 398 g/mol. The standard InChI is InChI=1S/C23H30N2O4/c1-23(2,3)29-22(28)24(4)12-7-13-25-14-10-18-19(11-15-25)21(27)17-9-6-5-8-16(17)20(18)26/h5-6,8-9H,7,10-15H2,1-4H3. The van der Waals surface area contributed by atoms with E-state index in [1.165, 1.54) is 0 Å². The molecule has 0 N–H and O–H groups in total. The number of nitrogens with zero attached hydrogens (tertiary/aromatic N) is 2. The Labute approximate surface area is 172 Å². The molecule has 1 amide bonds. The molecule has 0 unspecified atom stereocenters. The Morgan fingerprint density at radius 2 is 1.55 bits per heavy atom. The summed E-state index contributed by atoms with van der Waals surface area (Å²) >= 11 is 0. The van der Waals surface area contributed by atoms with Crippen molar-refractivity contribution < 1.29 is 19.1 Å². The Bertz CT molecular complexity index is 802. The molecule has 1 heterocycles. The number of amides is 1. The minimum Gasteiger partial charge on any atom is -0.444 e. The molecule has 3 rings (SSSR count). The fourth-order valence-corrected chi connectivity index (χ4v) is 3.85. The van der Waals surface area contributed by atoms with Gasteiger partial charge in [0.1, 0.15) is 5.60 Å². The number of benzene rings is 1. The lowest BCUT2D eigenvalue weighted by atomic mass is 9.82. The maximum absolute atomic E-state index is 12.9. The third-order valence-electron chi connectivity index (χ3n) is 5.36. The van der Waals surface area contributed by atoms with Gasteiger partial charge in [0.25, 0.3) is 0 Å². The number of fused-ring (bicyclic) bond motifs is 1. The summed E-state index contributed by atoms with van der Waals surface area (Å²) in [7, 11) is 1.74. The fraction of sp³-hybridized carbons (Fsp3) is 0.522. The third kappa shape index (κ3) is 4.93. The molecule has 0 fully saturated rings. The Morgan fingerprint density at radius 1 is 1.03 bits per heavy atom. The maximum Gasteiger partial charge on any atom is 0.410 e. The van der Waals surface area contributed by atoms with Crippen LogP contribution in [0, 0.1) is 0 Å². The first-order valence-corrected chi connectivity index (χ1v) is 10.2. The summed E-state index contributed by atoms with van der Waals surface area (Å²) in [6.07, 6.45) is 1.67. The maximum atomic E-state index is 12.9. The number of Topliss-reactive ketones (excluding diaryl/α,β-unsaturated/α-hetero) is 2. The van der Waals surface area contributed by atoms with E-state index in [1.54, 1.807) is 36.2 Å². The van der Waals surface area contributed by atoms with Crippen molar-refractivity contribution in [2.45, 2.75) is 45.6 Å². The highest BCUT2D eigenvalue weighted by atomic mass is 16.6. The SMILES string of the molecule is CN(CCCN1CCC2=C(CC1)C(=O)c1ccccc1C2=O)C(=O)OC(C)(C)C. The summed E-state index contributed by atoms with van der Waals surface area (Å²) in [4.78, 5) is 41.6. The second kappa shape index (κ2) is 8.49. The third-order valence-corrected chi connectivity index (χ3v) is 5.36. The van der Waals surface area contributed by atoms with E-state index >= 15 is 0 Å². The number of carbonyl (C=O) groups is 3. The molecule has 6 nitrogen and oxygen atoms in total. The second-order valence-electron chi connectivity index (χ2n) is 8.76. The lowest BCUT2D eigenvalue weighted by molar-refractivity contribution is 0.0292. The van der Waals surface area contributed by atoms with E-state index in [9.17, 15) is 14.4 Å². The van der Waals surface area contributed by atoms with Gasteiger partial charge in [-0.25, -0.2) is 4.79 Å². The molecule has 6 heteroatoms. The van der Waals surface area contributed by atoms with Gasteiger partial charge >= 0.3 is 6.09 Å². The zero-order chi connectivity index (χ0) is 21.2. The van der Waals surface area contributed by atoms with Crippen LogP contribution in [-0.4, -0.2) is 66.3 Å². The minimum atomic E-state index is -0.502. The molecule has 0 atom stereocenters. The van der Waals surface area contributed by atoms with Crippen LogP contribution in [0.1, 0.15) is 60.7 Å². The number of hydrogen-bond donors (Lipinski definition) is 0. The van der Waals surface area contributed by atoms with Gasteiger partial charge in [0.15, 0.2) is 11.6 Å². The van der Waals surface area contributed by atoms with Crippen LogP contribution in [-0.2, 0) is 4.74 Å². The molecule has 29 heavy (non-hydrogen) atoms. The van der Waals surface area contributed by atoms with Crippen LogP contribution >= 0.6 is 0 Å². The quantitative estimate of drug-likeness (QED) is 0.773. The highest BCUT2D eigenvalue weighted by Crippen LogP contribution is 2.31. The molecule has 0 aromatic heterocycles. The smallest absolute Gasteiger partial charge is 0.410 e. The van der Waals surface area contributed by atoms with Crippen LogP contribution in [0.15, 0.2) is 35.4 Å². The summed E-state index contributed by atoms with van der Waals surface area (Å²) in [5.41, 5.74) is 1.92. The second-order valence-corrected chi connectivity index (χ2v) is 8.76. The van der Waals surface area contributed by atoms with Gasteiger partial charge in [-0.2, -0.15) is 0 Å². The van der Waals surface area contributed by atoms with Crippen LogP contribution in [0.2, 0.25) is 0 Å². The van der Waals surface area contributed by atoms with Gasteiger partial charge < -0.3 is 14.5 Å². The molecule has 2 aliphatic rings. The van der Waals surface area contributed by atoms with E-state index < -0.39 is 5.60 Å². The predicted molar refractivity (Wildman–Crippen MR) is 111 cm³/mol. The number of carbonyl (C=O) groups excluding carboxylic acids is 3. The molecule has 0 bridgehead atoms. The van der Waals surface area contributed by atoms with E-state index in [1.807, 2.05) is 20.8 Å². The van der Waals surface area contributed by atoms with Crippen molar-refractivity contribution in [3.63, 3.8) is 0 Å². The fourth-order valence-electron chi connectivity index (χ4n) is 3.85. The van der Waals surface area contributed by atoms with E-state index in [0.717, 1.165) is 26.1 Å². The van der Waals surface area contributed by atoms with E-state index in [0.29, 0.717) is 41.7 Å². The molecule has 0 radical (unpaired) electrons. The number of rotatable bonds is 4. The molecule has 1 aromatic carbocycles. The molecule has 1 aromatic rings. The van der Waals surface area contributed by atoms with Crippen molar-refractivity contribution in [2.75, 3.05) is 33.2 Å². The van der Waals surface area contributed by atoms with Crippen LogP contribution in [0.4, 0.5) is 4.79 Å². The molecular weight excluding hydrogens is 368 g/mol.